The fraction of sp³-hybridized carbons (Fsp3) is 0.167. The Bertz CT molecular complexity index is 961. The van der Waals surface area contributed by atoms with E-state index < -0.39 is 11.9 Å². The van der Waals surface area contributed by atoms with Gasteiger partial charge in [-0.15, -0.1) is 0 Å². The third kappa shape index (κ3) is 6.09. The lowest BCUT2D eigenvalue weighted by Crippen LogP contribution is -2.06. The van der Waals surface area contributed by atoms with Crippen LogP contribution in [0.1, 0.15) is 17.5 Å². The maximum atomic E-state index is 11.8. The molecule has 0 fully saturated rings. The minimum atomic E-state index is -0.575. The number of ether oxygens (including phenoxy) is 2. The third-order valence-electron chi connectivity index (χ3n) is 4.25. The van der Waals surface area contributed by atoms with Gasteiger partial charge in [-0.05, 0) is 40.8 Å². The van der Waals surface area contributed by atoms with Crippen LogP contribution < -0.4 is 0 Å². The van der Waals surface area contributed by atoms with Gasteiger partial charge in [-0.1, -0.05) is 66.7 Å². The summed E-state index contributed by atoms with van der Waals surface area (Å²) in [6.07, 6.45) is 3.77. The summed E-state index contributed by atoms with van der Waals surface area (Å²) >= 11 is 0. The van der Waals surface area contributed by atoms with Crippen molar-refractivity contribution in [2.24, 2.45) is 0 Å². The van der Waals surface area contributed by atoms with Gasteiger partial charge in [-0.25, -0.2) is 9.59 Å². The Morgan fingerprint density at radius 1 is 0.714 bits per heavy atom. The summed E-state index contributed by atoms with van der Waals surface area (Å²) in [7, 11) is 0. The zero-order chi connectivity index (χ0) is 19.6. The molecule has 3 aromatic carbocycles. The topological polar surface area (TPSA) is 52.6 Å². The Morgan fingerprint density at radius 3 is 2.18 bits per heavy atom. The summed E-state index contributed by atoms with van der Waals surface area (Å²) in [5.74, 6) is -1.12. The smallest absolute Gasteiger partial charge is 0.331 e. The predicted octanol–water partition coefficient (Wildman–Crippen LogP) is 4.62. The molecule has 28 heavy (non-hydrogen) atoms. The largest absolute Gasteiger partial charge is 0.463 e. The van der Waals surface area contributed by atoms with Crippen LogP contribution in [0.5, 0.6) is 0 Å². The maximum Gasteiger partial charge on any atom is 0.331 e. The molecule has 0 amide bonds. The van der Waals surface area contributed by atoms with Gasteiger partial charge in [-0.3, -0.25) is 0 Å². The molecule has 0 aliphatic carbocycles. The van der Waals surface area contributed by atoms with Crippen molar-refractivity contribution < 1.29 is 19.1 Å². The molecule has 0 atom stereocenters. The molecule has 0 N–H and O–H groups in total. The molecule has 0 saturated carbocycles. The highest BCUT2D eigenvalue weighted by Crippen LogP contribution is 2.16. The Kier molecular flexibility index (Phi) is 6.96. The summed E-state index contributed by atoms with van der Waals surface area (Å²) in [6.45, 7) is 0.463. The highest BCUT2D eigenvalue weighted by Gasteiger charge is 2.03. The first-order chi connectivity index (χ1) is 13.7. The second kappa shape index (κ2) is 10.1. The molecule has 4 heteroatoms. The SMILES string of the molecule is O=C(/C=C/C(=O)OCc1ccc2ccccc2c1)OCCCc1ccccc1. The second-order valence-electron chi connectivity index (χ2n) is 6.38. The number of fused-ring (bicyclic) bond motifs is 1. The molecule has 142 valence electrons. The molecule has 0 spiro atoms. The van der Waals surface area contributed by atoms with Crippen molar-refractivity contribution in [1.82, 2.24) is 0 Å². The van der Waals surface area contributed by atoms with Crippen LogP contribution in [-0.2, 0) is 32.1 Å². The molecule has 0 saturated heterocycles. The molecular weight excluding hydrogens is 352 g/mol. The number of hydrogen-bond donors (Lipinski definition) is 0. The standard InChI is InChI=1S/C24H22O4/c25-23(27-16-6-9-19-7-2-1-3-8-19)14-15-24(26)28-18-20-12-13-21-10-4-5-11-22(21)17-20/h1-5,7-8,10-15,17H,6,9,16,18H2/b15-14+. The van der Waals surface area contributed by atoms with Gasteiger partial charge < -0.3 is 9.47 Å². The van der Waals surface area contributed by atoms with Crippen molar-refractivity contribution in [2.75, 3.05) is 6.61 Å². The summed E-state index contributed by atoms with van der Waals surface area (Å²) in [6, 6.07) is 23.9. The van der Waals surface area contributed by atoms with E-state index in [2.05, 4.69) is 0 Å². The second-order valence-corrected chi connectivity index (χ2v) is 6.38. The fourth-order valence-corrected chi connectivity index (χ4v) is 2.81. The van der Waals surface area contributed by atoms with Crippen molar-refractivity contribution >= 4 is 22.7 Å². The van der Waals surface area contributed by atoms with Gasteiger partial charge in [0.15, 0.2) is 0 Å². The molecule has 0 bridgehead atoms. The maximum absolute atomic E-state index is 11.8. The van der Waals surface area contributed by atoms with E-state index in [-0.39, 0.29) is 6.61 Å². The average molecular weight is 374 g/mol. The van der Waals surface area contributed by atoms with Gasteiger partial charge in [-0.2, -0.15) is 0 Å². The number of hydrogen-bond acceptors (Lipinski definition) is 4. The lowest BCUT2D eigenvalue weighted by molar-refractivity contribution is -0.141. The molecular formula is C24H22O4. The van der Waals surface area contributed by atoms with Crippen molar-refractivity contribution in [3.8, 4) is 0 Å². The highest BCUT2D eigenvalue weighted by molar-refractivity contribution is 5.91. The number of aryl methyl sites for hydroxylation is 1. The van der Waals surface area contributed by atoms with E-state index in [9.17, 15) is 9.59 Å². The lowest BCUT2D eigenvalue weighted by Gasteiger charge is -2.04. The quantitative estimate of drug-likeness (QED) is 0.328. The Labute approximate surface area is 164 Å². The minimum Gasteiger partial charge on any atom is -0.463 e. The predicted molar refractivity (Wildman–Crippen MR) is 109 cm³/mol. The Balaban J connectivity index is 1.37. The molecule has 3 rings (SSSR count). The molecule has 3 aromatic rings. The summed E-state index contributed by atoms with van der Waals surface area (Å²) in [5.41, 5.74) is 2.09. The number of benzene rings is 3. The van der Waals surface area contributed by atoms with E-state index in [1.807, 2.05) is 72.8 Å². The first kappa shape index (κ1) is 19.4. The minimum absolute atomic E-state index is 0.153. The van der Waals surface area contributed by atoms with Crippen molar-refractivity contribution in [1.29, 1.82) is 0 Å². The van der Waals surface area contributed by atoms with E-state index in [4.69, 9.17) is 9.47 Å². The van der Waals surface area contributed by atoms with Crippen LogP contribution >= 0.6 is 0 Å². The number of carbonyl (C=O) groups is 2. The van der Waals surface area contributed by atoms with Gasteiger partial charge in [0.05, 0.1) is 6.61 Å². The lowest BCUT2D eigenvalue weighted by atomic mass is 10.1. The van der Waals surface area contributed by atoms with Gasteiger partial charge in [0, 0.05) is 12.2 Å². The van der Waals surface area contributed by atoms with Crippen molar-refractivity contribution in [2.45, 2.75) is 19.4 Å². The van der Waals surface area contributed by atoms with Crippen LogP contribution in [0.4, 0.5) is 0 Å². The van der Waals surface area contributed by atoms with Crippen molar-refractivity contribution in [3.63, 3.8) is 0 Å². The van der Waals surface area contributed by atoms with Crippen LogP contribution in [0.25, 0.3) is 10.8 Å². The monoisotopic (exact) mass is 374 g/mol. The van der Waals surface area contributed by atoms with Crippen LogP contribution in [-0.4, -0.2) is 18.5 Å². The molecule has 0 radical (unpaired) electrons. The van der Waals surface area contributed by atoms with Crippen LogP contribution in [0.3, 0.4) is 0 Å². The van der Waals surface area contributed by atoms with Gasteiger partial charge in [0.25, 0.3) is 0 Å². The van der Waals surface area contributed by atoms with Crippen LogP contribution in [0.2, 0.25) is 0 Å². The zero-order valence-electron chi connectivity index (χ0n) is 15.5. The fourth-order valence-electron chi connectivity index (χ4n) is 2.81. The Morgan fingerprint density at radius 2 is 1.39 bits per heavy atom. The number of rotatable bonds is 8. The summed E-state index contributed by atoms with van der Waals surface area (Å²) in [5, 5.41) is 2.22. The molecule has 0 aliphatic heterocycles. The van der Waals surface area contributed by atoms with E-state index in [1.54, 1.807) is 0 Å². The van der Waals surface area contributed by atoms with E-state index in [1.165, 1.54) is 5.56 Å². The van der Waals surface area contributed by atoms with Crippen LogP contribution in [0.15, 0.2) is 84.9 Å². The van der Waals surface area contributed by atoms with Crippen LogP contribution in [0, 0.1) is 0 Å². The normalized spacial score (nSPS) is 10.9. The molecule has 0 unspecified atom stereocenters. The number of carbonyl (C=O) groups excluding carboxylic acids is 2. The number of esters is 2. The molecule has 0 aromatic heterocycles. The summed E-state index contributed by atoms with van der Waals surface area (Å²) in [4.78, 5) is 23.4. The average Bonchev–Trinajstić information content (AvgIpc) is 2.74. The first-order valence-corrected chi connectivity index (χ1v) is 9.24. The first-order valence-electron chi connectivity index (χ1n) is 9.24. The van der Waals surface area contributed by atoms with Crippen molar-refractivity contribution in [3.05, 3.63) is 96.1 Å². The zero-order valence-corrected chi connectivity index (χ0v) is 15.5. The van der Waals surface area contributed by atoms with Gasteiger partial charge >= 0.3 is 11.9 Å². The Hall–Kier alpha value is -3.40. The highest BCUT2D eigenvalue weighted by atomic mass is 16.5. The van der Waals surface area contributed by atoms with E-state index >= 15 is 0 Å². The van der Waals surface area contributed by atoms with Gasteiger partial charge in [0.2, 0.25) is 0 Å². The van der Waals surface area contributed by atoms with E-state index in [0.717, 1.165) is 41.3 Å². The van der Waals surface area contributed by atoms with Gasteiger partial charge in [0.1, 0.15) is 6.61 Å². The third-order valence-corrected chi connectivity index (χ3v) is 4.25. The molecule has 0 aliphatic rings. The molecule has 4 nitrogen and oxygen atoms in total. The summed E-state index contributed by atoms with van der Waals surface area (Å²) < 4.78 is 10.3. The van der Waals surface area contributed by atoms with E-state index in [0.29, 0.717) is 6.61 Å². The molecule has 0 heterocycles.